The normalized spacial score (nSPS) is 14.8. The smallest absolute Gasteiger partial charge is 0.330 e. The van der Waals surface area contributed by atoms with Crippen molar-refractivity contribution in [1.82, 2.24) is 19.4 Å². The van der Waals surface area contributed by atoms with E-state index in [0.29, 0.717) is 42.8 Å². The fourth-order valence-corrected chi connectivity index (χ4v) is 3.97. The first-order chi connectivity index (χ1) is 15.5. The number of rotatable bonds is 5. The molecule has 1 fully saturated rings. The third kappa shape index (κ3) is 4.14. The number of hydrogen-bond donors (Lipinski definition) is 1. The Morgan fingerprint density at radius 1 is 1.12 bits per heavy atom. The van der Waals surface area contributed by atoms with Crippen LogP contribution in [0.25, 0.3) is 17.1 Å². The van der Waals surface area contributed by atoms with Crippen molar-refractivity contribution in [1.29, 1.82) is 0 Å². The first kappa shape index (κ1) is 21.4. The fraction of sp³-hybridized carbons (Fsp3) is 0.304. The molecule has 3 aromatic rings. The zero-order chi connectivity index (χ0) is 22.7. The number of H-pyrrole nitrogens is 1. The van der Waals surface area contributed by atoms with Crippen molar-refractivity contribution in [2.45, 2.75) is 18.9 Å². The monoisotopic (exact) mass is 436 g/mol. The van der Waals surface area contributed by atoms with E-state index in [9.17, 15) is 14.4 Å². The molecule has 9 nitrogen and oxygen atoms in total. The Bertz CT molecular complexity index is 1290. The predicted octanol–water partition coefficient (Wildman–Crippen LogP) is 1.98. The van der Waals surface area contributed by atoms with Gasteiger partial charge in [0.05, 0.1) is 19.6 Å². The van der Waals surface area contributed by atoms with Gasteiger partial charge in [0.2, 0.25) is 5.91 Å². The number of likely N-dealkylation sites (tertiary alicyclic amines) is 1. The fourth-order valence-electron chi connectivity index (χ4n) is 3.97. The minimum atomic E-state index is -0.473. The van der Waals surface area contributed by atoms with Crippen molar-refractivity contribution >= 4 is 23.0 Å². The van der Waals surface area contributed by atoms with Gasteiger partial charge >= 0.3 is 5.69 Å². The molecule has 4 rings (SSSR count). The first-order valence-corrected chi connectivity index (χ1v) is 10.3. The van der Waals surface area contributed by atoms with Crippen LogP contribution in [0.3, 0.4) is 0 Å². The predicted molar refractivity (Wildman–Crippen MR) is 120 cm³/mol. The quantitative estimate of drug-likeness (QED) is 0.613. The molecule has 1 N–H and O–H groups in total. The lowest BCUT2D eigenvalue weighted by atomic mass is 10.0. The molecule has 0 bridgehead atoms. The van der Waals surface area contributed by atoms with Crippen molar-refractivity contribution < 1.29 is 14.3 Å². The Morgan fingerprint density at radius 3 is 2.59 bits per heavy atom. The third-order valence-corrected chi connectivity index (χ3v) is 5.67. The summed E-state index contributed by atoms with van der Waals surface area (Å²) < 4.78 is 11.8. The van der Waals surface area contributed by atoms with Gasteiger partial charge in [0.15, 0.2) is 11.5 Å². The van der Waals surface area contributed by atoms with Crippen LogP contribution >= 0.6 is 0 Å². The molecule has 0 unspecified atom stereocenters. The molecule has 9 heteroatoms. The standard InChI is InChI=1S/C23H24N4O5/c1-31-18-7-5-15(14-19(18)32-2)6-8-20(28)26-12-9-16(10-13-26)27-22(29)17-4-3-11-24-21(17)25-23(27)30/h3-8,11,14,16H,9-10,12-13H2,1-2H3,(H,24,25,30). The summed E-state index contributed by atoms with van der Waals surface area (Å²) in [6, 6.07) is 8.46. The van der Waals surface area contributed by atoms with Crippen LogP contribution < -0.4 is 20.7 Å². The van der Waals surface area contributed by atoms with Gasteiger partial charge in [-0.15, -0.1) is 0 Å². The van der Waals surface area contributed by atoms with Crippen LogP contribution in [-0.2, 0) is 4.79 Å². The van der Waals surface area contributed by atoms with Crippen molar-refractivity contribution in [2.75, 3.05) is 27.3 Å². The molecular formula is C23H24N4O5. The van der Waals surface area contributed by atoms with Gasteiger partial charge in [-0.2, -0.15) is 0 Å². The van der Waals surface area contributed by atoms with E-state index in [4.69, 9.17) is 9.47 Å². The molecule has 166 valence electrons. The van der Waals surface area contributed by atoms with E-state index in [-0.39, 0.29) is 23.2 Å². The van der Waals surface area contributed by atoms with Gasteiger partial charge in [0.1, 0.15) is 5.65 Å². The number of pyridine rings is 1. The number of aromatic nitrogens is 3. The number of nitrogens with one attached hydrogen (secondary N) is 1. The number of benzene rings is 1. The maximum atomic E-state index is 12.8. The van der Waals surface area contributed by atoms with Crippen molar-refractivity contribution in [2.24, 2.45) is 0 Å². The lowest BCUT2D eigenvalue weighted by Gasteiger charge is -2.31. The highest BCUT2D eigenvalue weighted by Gasteiger charge is 2.25. The SMILES string of the molecule is COc1ccc(C=CC(=O)N2CCC(n3c(=O)[nH]c4ncccc4c3=O)CC2)cc1OC. The largest absolute Gasteiger partial charge is 0.493 e. The molecule has 2 aromatic heterocycles. The van der Waals surface area contributed by atoms with Crippen molar-refractivity contribution in [3.63, 3.8) is 0 Å². The molecule has 0 spiro atoms. The van der Waals surface area contributed by atoms with Crippen LogP contribution in [0, 0.1) is 0 Å². The molecule has 0 atom stereocenters. The lowest BCUT2D eigenvalue weighted by molar-refractivity contribution is -0.127. The van der Waals surface area contributed by atoms with Gasteiger partial charge in [0.25, 0.3) is 5.56 Å². The van der Waals surface area contributed by atoms with Gasteiger partial charge in [0, 0.05) is 31.4 Å². The highest BCUT2D eigenvalue weighted by molar-refractivity contribution is 5.92. The number of piperidine rings is 1. The Labute approximate surface area is 183 Å². The van der Waals surface area contributed by atoms with Crippen LogP contribution in [0.4, 0.5) is 0 Å². The molecule has 1 saturated heterocycles. The number of carbonyl (C=O) groups excluding carboxylic acids is 1. The minimum Gasteiger partial charge on any atom is -0.493 e. The zero-order valence-corrected chi connectivity index (χ0v) is 17.9. The zero-order valence-electron chi connectivity index (χ0n) is 17.9. The second kappa shape index (κ2) is 9.09. The summed E-state index contributed by atoms with van der Waals surface area (Å²) in [4.78, 5) is 46.4. The maximum Gasteiger partial charge on any atom is 0.330 e. The molecule has 0 saturated carbocycles. The highest BCUT2D eigenvalue weighted by atomic mass is 16.5. The van der Waals surface area contributed by atoms with E-state index in [1.165, 1.54) is 16.8 Å². The molecular weight excluding hydrogens is 412 g/mol. The topological polar surface area (TPSA) is 107 Å². The molecule has 1 amide bonds. The molecule has 0 radical (unpaired) electrons. The van der Waals surface area contributed by atoms with Crippen LogP contribution in [-0.4, -0.2) is 52.7 Å². The van der Waals surface area contributed by atoms with Crippen molar-refractivity contribution in [3.8, 4) is 11.5 Å². The summed E-state index contributed by atoms with van der Waals surface area (Å²) >= 11 is 0. The summed E-state index contributed by atoms with van der Waals surface area (Å²) in [5.41, 5.74) is 0.273. The lowest BCUT2D eigenvalue weighted by Crippen LogP contribution is -2.44. The van der Waals surface area contributed by atoms with Crippen LogP contribution in [0.15, 0.2) is 52.2 Å². The van der Waals surface area contributed by atoms with Gasteiger partial charge in [-0.1, -0.05) is 6.07 Å². The molecule has 1 aliphatic rings. The van der Waals surface area contributed by atoms with Gasteiger partial charge < -0.3 is 14.4 Å². The number of hydrogen-bond acceptors (Lipinski definition) is 6. The van der Waals surface area contributed by atoms with E-state index in [1.54, 1.807) is 49.5 Å². The number of amides is 1. The summed E-state index contributed by atoms with van der Waals surface area (Å²) in [5.74, 6) is 1.08. The Kier molecular flexibility index (Phi) is 6.07. The molecule has 1 aromatic carbocycles. The highest BCUT2D eigenvalue weighted by Crippen LogP contribution is 2.28. The average molecular weight is 436 g/mol. The second-order valence-corrected chi connectivity index (χ2v) is 7.51. The van der Waals surface area contributed by atoms with Crippen LogP contribution in [0.5, 0.6) is 11.5 Å². The van der Waals surface area contributed by atoms with E-state index < -0.39 is 5.69 Å². The van der Waals surface area contributed by atoms with Gasteiger partial charge in [-0.25, -0.2) is 9.78 Å². The second-order valence-electron chi connectivity index (χ2n) is 7.51. The number of methoxy groups -OCH3 is 2. The molecule has 1 aliphatic heterocycles. The van der Waals surface area contributed by atoms with Crippen LogP contribution in [0.1, 0.15) is 24.4 Å². The molecule has 3 heterocycles. The summed E-state index contributed by atoms with van der Waals surface area (Å²) in [7, 11) is 3.13. The third-order valence-electron chi connectivity index (χ3n) is 5.67. The Hall–Kier alpha value is -3.88. The number of fused-ring (bicyclic) bond motifs is 1. The van der Waals surface area contributed by atoms with E-state index in [0.717, 1.165) is 5.56 Å². The number of aromatic amines is 1. The first-order valence-electron chi connectivity index (χ1n) is 10.3. The van der Waals surface area contributed by atoms with Crippen molar-refractivity contribution in [3.05, 3.63) is 69.0 Å². The van der Waals surface area contributed by atoms with E-state index in [2.05, 4.69) is 9.97 Å². The molecule has 32 heavy (non-hydrogen) atoms. The summed E-state index contributed by atoms with van der Waals surface area (Å²) in [5, 5.41) is 0.378. The Balaban J connectivity index is 1.45. The molecule has 0 aliphatic carbocycles. The number of carbonyl (C=O) groups is 1. The maximum absolute atomic E-state index is 12.8. The number of nitrogens with zero attached hydrogens (tertiary/aromatic N) is 3. The van der Waals surface area contributed by atoms with Gasteiger partial charge in [-0.05, 0) is 48.7 Å². The Morgan fingerprint density at radius 2 is 1.88 bits per heavy atom. The minimum absolute atomic E-state index is 0.123. The van der Waals surface area contributed by atoms with Crippen LogP contribution in [0.2, 0.25) is 0 Å². The summed E-state index contributed by atoms with van der Waals surface area (Å²) in [6.07, 6.45) is 5.81. The van der Waals surface area contributed by atoms with E-state index >= 15 is 0 Å². The number of ether oxygens (including phenoxy) is 2. The summed E-state index contributed by atoms with van der Waals surface area (Å²) in [6.45, 7) is 0.910. The average Bonchev–Trinajstić information content (AvgIpc) is 2.82. The van der Waals surface area contributed by atoms with Gasteiger partial charge in [-0.3, -0.25) is 19.1 Å². The van der Waals surface area contributed by atoms with E-state index in [1.807, 2.05) is 6.07 Å².